The summed E-state index contributed by atoms with van der Waals surface area (Å²) in [6, 6.07) is -0.145. The molecule has 4 atom stereocenters. The molecular weight excluding hydrogens is 568 g/mol. The molecule has 2 saturated carbocycles. The molecule has 3 aliphatic rings. The highest BCUT2D eigenvalue weighted by molar-refractivity contribution is 7.91. The van der Waals surface area contributed by atoms with Gasteiger partial charge in [-0.1, -0.05) is 34.1 Å². The van der Waals surface area contributed by atoms with Crippen LogP contribution in [0.25, 0.3) is 0 Å². The maximum Gasteiger partial charge on any atom is 0.416 e. The summed E-state index contributed by atoms with van der Waals surface area (Å²) in [5.41, 5.74) is -3.70. The molecule has 14 heteroatoms. The number of hydrogen-bond acceptors (Lipinski definition) is 6. The Morgan fingerprint density at radius 1 is 1.10 bits per heavy atom. The van der Waals surface area contributed by atoms with Gasteiger partial charge in [-0.2, -0.15) is 13.2 Å². The number of rotatable bonds is 9. The number of halogens is 4. The normalized spacial score (nSPS) is 25.4. The minimum absolute atomic E-state index is 0.189. The molecule has 0 radical (unpaired) electrons. The van der Waals surface area contributed by atoms with Gasteiger partial charge < -0.3 is 15.5 Å². The van der Waals surface area contributed by atoms with Crippen molar-refractivity contribution in [2.75, 3.05) is 11.9 Å². The smallest absolute Gasteiger partial charge is 0.373 e. The molecule has 4 rings (SSSR count). The van der Waals surface area contributed by atoms with Crippen molar-refractivity contribution in [2.45, 2.75) is 95.3 Å². The van der Waals surface area contributed by atoms with E-state index in [1.807, 2.05) is 6.92 Å². The van der Waals surface area contributed by atoms with Crippen LogP contribution in [0.5, 0.6) is 0 Å². The number of carbonyl (C=O) groups excluding carboxylic acids is 3. The lowest BCUT2D eigenvalue weighted by atomic mass is 9.85. The molecule has 228 valence electrons. The van der Waals surface area contributed by atoms with Crippen molar-refractivity contribution >= 4 is 33.4 Å². The van der Waals surface area contributed by atoms with Crippen molar-refractivity contribution in [2.24, 2.45) is 11.3 Å². The fourth-order valence-electron chi connectivity index (χ4n) is 5.42. The molecule has 1 aromatic rings. The van der Waals surface area contributed by atoms with Crippen LogP contribution in [-0.2, 0) is 30.6 Å². The molecule has 3 N–H and O–H groups in total. The SMILES string of the molecule is CCC1CC1(NC(=O)C1CCCN1C(=O)C(Nc1cc(F)cc(C(F)(F)F)c1)C(C)(C)C)C(=O)NS(=O)(=O)C1CC1. The van der Waals surface area contributed by atoms with Crippen LogP contribution in [0.1, 0.15) is 71.8 Å². The van der Waals surface area contributed by atoms with Gasteiger partial charge in [0.15, 0.2) is 0 Å². The number of benzene rings is 1. The summed E-state index contributed by atoms with van der Waals surface area (Å²) in [6.45, 7) is 7.07. The minimum Gasteiger partial charge on any atom is -0.373 e. The first-order valence-electron chi connectivity index (χ1n) is 13.7. The van der Waals surface area contributed by atoms with E-state index in [4.69, 9.17) is 0 Å². The van der Waals surface area contributed by atoms with Crippen LogP contribution < -0.4 is 15.4 Å². The van der Waals surface area contributed by atoms with E-state index in [1.165, 1.54) is 4.90 Å². The molecule has 9 nitrogen and oxygen atoms in total. The number of sulfonamides is 1. The number of amides is 3. The topological polar surface area (TPSA) is 125 Å². The Morgan fingerprint density at radius 2 is 1.76 bits per heavy atom. The van der Waals surface area contributed by atoms with Crippen LogP contribution in [-0.4, -0.2) is 60.5 Å². The summed E-state index contributed by atoms with van der Waals surface area (Å²) in [7, 11) is -3.83. The van der Waals surface area contributed by atoms with Crippen molar-refractivity contribution in [3.05, 3.63) is 29.6 Å². The molecular formula is C27H36F4N4O5S. The van der Waals surface area contributed by atoms with Crippen LogP contribution in [0.2, 0.25) is 0 Å². The van der Waals surface area contributed by atoms with Crippen LogP contribution in [0.3, 0.4) is 0 Å². The lowest BCUT2D eigenvalue weighted by molar-refractivity contribution is -0.141. The predicted octanol–water partition coefficient (Wildman–Crippen LogP) is 3.56. The largest absolute Gasteiger partial charge is 0.416 e. The van der Waals surface area contributed by atoms with E-state index in [2.05, 4.69) is 15.4 Å². The van der Waals surface area contributed by atoms with Gasteiger partial charge in [-0.3, -0.25) is 19.1 Å². The maximum absolute atomic E-state index is 14.1. The Hall–Kier alpha value is -2.90. The summed E-state index contributed by atoms with van der Waals surface area (Å²) < 4.78 is 80.8. The molecule has 1 aliphatic heterocycles. The van der Waals surface area contributed by atoms with E-state index in [9.17, 15) is 40.4 Å². The van der Waals surface area contributed by atoms with Gasteiger partial charge in [0.05, 0.1) is 10.8 Å². The molecule has 1 saturated heterocycles. The number of likely N-dealkylation sites (tertiary alicyclic amines) is 1. The quantitative estimate of drug-likeness (QED) is 0.371. The van der Waals surface area contributed by atoms with E-state index in [0.717, 1.165) is 12.1 Å². The summed E-state index contributed by atoms with van der Waals surface area (Å²) in [4.78, 5) is 41.7. The van der Waals surface area contributed by atoms with E-state index in [1.54, 1.807) is 20.8 Å². The third kappa shape index (κ3) is 6.62. The number of nitrogens with one attached hydrogen (secondary N) is 3. The van der Waals surface area contributed by atoms with Gasteiger partial charge in [-0.05, 0) is 61.6 Å². The van der Waals surface area contributed by atoms with Crippen LogP contribution >= 0.6 is 0 Å². The standard InChI is InChI=1S/C27H36F4N4O5S/c1-5-15-14-26(15,24(38)34-41(39,40)19-8-9-19)33-22(36)20-7-6-10-35(20)23(37)21(25(2,3)4)32-18-12-16(27(29,30)31)11-17(28)13-18/h11-13,15,19-21,32H,5-10,14H2,1-4H3,(H,33,36)(H,34,38). The van der Waals surface area contributed by atoms with Crippen molar-refractivity contribution < 1.29 is 40.4 Å². The Morgan fingerprint density at radius 3 is 2.29 bits per heavy atom. The van der Waals surface area contributed by atoms with Gasteiger partial charge in [-0.15, -0.1) is 0 Å². The van der Waals surface area contributed by atoms with Crippen molar-refractivity contribution in [1.82, 2.24) is 14.9 Å². The zero-order chi connectivity index (χ0) is 30.5. The summed E-state index contributed by atoms with van der Waals surface area (Å²) in [6.07, 6.45) is -2.34. The van der Waals surface area contributed by atoms with Gasteiger partial charge in [0.25, 0.3) is 5.91 Å². The molecule has 3 amide bonds. The van der Waals surface area contributed by atoms with Crippen molar-refractivity contribution in [3.8, 4) is 0 Å². The van der Waals surface area contributed by atoms with Crippen LogP contribution in [0.4, 0.5) is 23.2 Å². The molecule has 4 unspecified atom stereocenters. The number of nitrogens with zero attached hydrogens (tertiary/aromatic N) is 1. The molecule has 3 fully saturated rings. The van der Waals surface area contributed by atoms with Gasteiger partial charge in [0, 0.05) is 12.2 Å². The molecule has 0 bridgehead atoms. The van der Waals surface area contributed by atoms with Crippen LogP contribution in [0, 0.1) is 17.2 Å². The fourth-order valence-corrected chi connectivity index (χ4v) is 6.78. The zero-order valence-corrected chi connectivity index (χ0v) is 24.2. The maximum atomic E-state index is 14.1. The van der Waals surface area contributed by atoms with Gasteiger partial charge in [0.2, 0.25) is 21.8 Å². The second-order valence-corrected chi connectivity index (χ2v) is 14.3. The Labute approximate surface area is 236 Å². The van der Waals surface area contributed by atoms with E-state index in [0.29, 0.717) is 31.7 Å². The molecule has 1 heterocycles. The minimum atomic E-state index is -4.79. The number of hydrogen-bond donors (Lipinski definition) is 3. The third-order valence-corrected chi connectivity index (χ3v) is 9.85. The number of anilines is 1. The fraction of sp³-hybridized carbons (Fsp3) is 0.667. The highest BCUT2D eigenvalue weighted by Crippen LogP contribution is 2.47. The van der Waals surface area contributed by atoms with Crippen molar-refractivity contribution in [1.29, 1.82) is 0 Å². The third-order valence-electron chi connectivity index (χ3n) is 8.04. The molecule has 41 heavy (non-hydrogen) atoms. The Kier molecular flexibility index (Phi) is 8.13. The first-order chi connectivity index (χ1) is 18.9. The lowest BCUT2D eigenvalue weighted by Gasteiger charge is -2.36. The van der Waals surface area contributed by atoms with E-state index >= 15 is 0 Å². The molecule has 1 aromatic carbocycles. The van der Waals surface area contributed by atoms with Gasteiger partial charge in [0.1, 0.15) is 23.4 Å². The van der Waals surface area contributed by atoms with E-state index in [-0.39, 0.29) is 31.0 Å². The monoisotopic (exact) mass is 604 g/mol. The number of carbonyl (C=O) groups is 3. The molecule has 0 aromatic heterocycles. The van der Waals surface area contributed by atoms with Gasteiger partial charge in [-0.25, -0.2) is 12.8 Å². The first-order valence-corrected chi connectivity index (χ1v) is 15.3. The van der Waals surface area contributed by atoms with Crippen molar-refractivity contribution in [3.63, 3.8) is 0 Å². The second kappa shape index (κ2) is 10.7. The summed E-state index contributed by atoms with van der Waals surface area (Å²) in [5.74, 6) is -3.36. The number of alkyl halides is 3. The van der Waals surface area contributed by atoms with Crippen LogP contribution in [0.15, 0.2) is 18.2 Å². The van der Waals surface area contributed by atoms with E-state index < -0.39 is 73.6 Å². The Bertz CT molecular complexity index is 1330. The highest BCUT2D eigenvalue weighted by atomic mass is 32.2. The predicted molar refractivity (Wildman–Crippen MR) is 142 cm³/mol. The highest BCUT2D eigenvalue weighted by Gasteiger charge is 2.62. The average molecular weight is 605 g/mol. The molecule has 2 aliphatic carbocycles. The summed E-state index contributed by atoms with van der Waals surface area (Å²) >= 11 is 0. The average Bonchev–Trinajstić information content (AvgIpc) is 3.77. The zero-order valence-electron chi connectivity index (χ0n) is 23.4. The second-order valence-electron chi connectivity index (χ2n) is 12.3. The van der Waals surface area contributed by atoms with Gasteiger partial charge >= 0.3 is 6.18 Å². The summed E-state index contributed by atoms with van der Waals surface area (Å²) in [5, 5.41) is 4.87. The Balaban J connectivity index is 1.53. The first kappa shape index (κ1) is 31.0. The molecule has 0 spiro atoms. The lowest BCUT2D eigenvalue weighted by Crippen LogP contribution is -2.58.